The van der Waals surface area contributed by atoms with E-state index >= 15 is 0 Å². The van der Waals surface area contributed by atoms with Crippen LogP contribution in [0, 0.1) is 5.41 Å². The van der Waals surface area contributed by atoms with Crippen molar-refractivity contribution >= 4 is 35.4 Å². The zero-order valence-electron chi connectivity index (χ0n) is 27.6. The van der Waals surface area contributed by atoms with E-state index in [1.54, 1.807) is 28.7 Å². The number of aldehydes is 1. The molecule has 0 aliphatic carbocycles. The second-order valence-electron chi connectivity index (χ2n) is 12.9. The predicted molar refractivity (Wildman–Crippen MR) is 180 cm³/mol. The molecular weight excluding hydrogens is 636 g/mol. The van der Waals surface area contributed by atoms with E-state index < -0.39 is 34.5 Å². The fourth-order valence-corrected chi connectivity index (χ4v) is 6.24. The summed E-state index contributed by atoms with van der Waals surface area (Å²) in [6, 6.07) is 13.9. The van der Waals surface area contributed by atoms with Crippen LogP contribution < -0.4 is 15.4 Å². The van der Waals surface area contributed by atoms with E-state index in [2.05, 4.69) is 15.6 Å². The summed E-state index contributed by atoms with van der Waals surface area (Å²) in [5.41, 5.74) is -0.198. The summed E-state index contributed by atoms with van der Waals surface area (Å²) < 4.78 is 11.2. The number of thiazole rings is 1. The Morgan fingerprint density at radius 3 is 2.50 bits per heavy atom. The van der Waals surface area contributed by atoms with Crippen LogP contribution >= 0.6 is 11.3 Å². The molecule has 2 amide bonds. The van der Waals surface area contributed by atoms with Gasteiger partial charge in [0.25, 0.3) is 5.91 Å². The zero-order valence-corrected chi connectivity index (χ0v) is 28.4. The van der Waals surface area contributed by atoms with E-state index in [9.17, 15) is 24.3 Å². The molecule has 1 aromatic heterocycles. The van der Waals surface area contributed by atoms with Crippen LogP contribution in [0.15, 0.2) is 60.2 Å². The van der Waals surface area contributed by atoms with Gasteiger partial charge in [0.1, 0.15) is 12.4 Å². The highest BCUT2D eigenvalue weighted by molar-refractivity contribution is 7.13. The maximum Gasteiger partial charge on any atom is 0.335 e. The van der Waals surface area contributed by atoms with Gasteiger partial charge in [-0.1, -0.05) is 39.0 Å². The van der Waals surface area contributed by atoms with Crippen molar-refractivity contribution in [3.63, 3.8) is 0 Å². The molecule has 0 saturated carbocycles. The van der Waals surface area contributed by atoms with Gasteiger partial charge in [0.05, 0.1) is 22.6 Å². The number of amides is 2. The largest absolute Gasteiger partial charge is 0.494 e. The Labute approximate surface area is 284 Å². The molecular formula is C35H44N4O8S. The first-order valence-corrected chi connectivity index (χ1v) is 16.8. The molecule has 0 bridgehead atoms. The number of aromatic nitrogens is 1. The van der Waals surface area contributed by atoms with Crippen molar-refractivity contribution in [3.05, 3.63) is 71.4 Å². The molecule has 1 fully saturated rings. The number of unbranched alkanes of at least 4 members (excludes halogenated alkanes) is 2. The average Bonchev–Trinajstić information content (AvgIpc) is 3.75. The second-order valence-corrected chi connectivity index (χ2v) is 13.8. The van der Waals surface area contributed by atoms with Crippen molar-refractivity contribution in [2.75, 3.05) is 32.9 Å². The fraction of sp³-hybridized carbons (Fsp3) is 0.457. The monoisotopic (exact) mass is 680 g/mol. The Kier molecular flexibility index (Phi) is 12.4. The molecule has 13 heteroatoms. The molecule has 4 N–H and O–H groups in total. The minimum absolute atomic E-state index is 0.0924. The number of ether oxygens (including phenoxy) is 2. The first kappa shape index (κ1) is 36.7. The normalized spacial score (nSPS) is 17.8. The lowest BCUT2D eigenvalue weighted by Crippen LogP contribution is -2.69. The quantitative estimate of drug-likeness (QED) is 0.121. The molecule has 2 heterocycles. The van der Waals surface area contributed by atoms with Crippen LogP contribution in [0.25, 0.3) is 10.4 Å². The number of carboxylic acid groups (broad SMARTS) is 1. The maximum absolute atomic E-state index is 13.2. The summed E-state index contributed by atoms with van der Waals surface area (Å²) in [7, 11) is 0. The average molecular weight is 681 g/mol. The van der Waals surface area contributed by atoms with Gasteiger partial charge in [0.15, 0.2) is 17.6 Å². The number of nitrogens with zero attached hydrogens (tertiary/aromatic N) is 2. The number of aromatic carboxylic acids is 1. The summed E-state index contributed by atoms with van der Waals surface area (Å²) in [4.78, 5) is 56.7. The van der Waals surface area contributed by atoms with Crippen molar-refractivity contribution in [2.45, 2.75) is 64.3 Å². The van der Waals surface area contributed by atoms with E-state index in [0.717, 1.165) is 28.8 Å². The third-order valence-corrected chi connectivity index (χ3v) is 9.27. The smallest absolute Gasteiger partial charge is 0.335 e. The minimum atomic E-state index is -1.75. The van der Waals surface area contributed by atoms with Crippen LogP contribution in [-0.4, -0.2) is 88.3 Å². The van der Waals surface area contributed by atoms with Crippen LogP contribution in [0.4, 0.5) is 0 Å². The molecule has 1 saturated heterocycles. The highest BCUT2D eigenvalue weighted by Gasteiger charge is 2.55. The summed E-state index contributed by atoms with van der Waals surface area (Å²) in [5, 5.41) is 26.0. The fourth-order valence-electron chi connectivity index (χ4n) is 5.62. The molecule has 2 aromatic carbocycles. The molecule has 48 heavy (non-hydrogen) atoms. The van der Waals surface area contributed by atoms with Gasteiger partial charge in [-0.25, -0.2) is 4.79 Å². The first-order chi connectivity index (χ1) is 22.9. The molecule has 0 unspecified atom stereocenters. The van der Waals surface area contributed by atoms with Crippen LogP contribution in [0.3, 0.4) is 0 Å². The topological polar surface area (TPSA) is 167 Å². The highest BCUT2D eigenvalue weighted by atomic mass is 32.1. The number of benzene rings is 2. The summed E-state index contributed by atoms with van der Waals surface area (Å²) in [5.74, 6) is -1.42. The van der Waals surface area contributed by atoms with E-state index in [-0.39, 0.29) is 38.2 Å². The zero-order chi connectivity index (χ0) is 34.8. The highest BCUT2D eigenvalue weighted by Crippen LogP contribution is 2.37. The number of carbonyl (C=O) groups excluding carboxylic acids is 3. The number of hydrogen-bond donors (Lipinski definition) is 4. The maximum atomic E-state index is 13.2. The van der Waals surface area contributed by atoms with Gasteiger partial charge in [-0.2, -0.15) is 0 Å². The Hall–Kier alpha value is -4.17. The summed E-state index contributed by atoms with van der Waals surface area (Å²) in [6.07, 6.45) is 4.78. The van der Waals surface area contributed by atoms with Gasteiger partial charge in [-0.3, -0.25) is 24.3 Å². The van der Waals surface area contributed by atoms with Crippen molar-refractivity contribution in [1.29, 1.82) is 0 Å². The Bertz CT molecular complexity index is 1540. The first-order valence-electron chi connectivity index (χ1n) is 15.9. The van der Waals surface area contributed by atoms with E-state index in [0.29, 0.717) is 31.7 Å². The van der Waals surface area contributed by atoms with Crippen molar-refractivity contribution in [3.8, 4) is 16.2 Å². The molecule has 4 rings (SSSR count). The Morgan fingerprint density at radius 1 is 1.08 bits per heavy atom. The number of carboxylic acids is 1. The van der Waals surface area contributed by atoms with Gasteiger partial charge in [-0.15, -0.1) is 11.3 Å². The lowest BCUT2D eigenvalue weighted by Gasteiger charge is -2.47. The second kappa shape index (κ2) is 16.3. The predicted octanol–water partition coefficient (Wildman–Crippen LogP) is 3.88. The Morgan fingerprint density at radius 2 is 1.83 bits per heavy atom. The van der Waals surface area contributed by atoms with Crippen LogP contribution in [0.1, 0.15) is 62.4 Å². The standard InChI is InChI=1S/C35H44N4O8S/c1-33(2,3)35(23-40,38-30(41)21-46-16-5-4-6-17-47-28-12-10-26(11-13-28)31(42)43)39-15-14-34(45,22-39)32(44)37-19-25-8-7-9-27(18-25)29-20-36-24-48-29/h7-13,18,20,23-24,45H,4-6,14-17,19,21-22H2,1-3H3,(H,37,44)(H,38,41)(H,42,43)/t34-,35-/m1/s1. The molecule has 0 spiro atoms. The molecule has 3 aromatic rings. The molecule has 2 atom stereocenters. The van der Waals surface area contributed by atoms with Crippen LogP contribution in [0.2, 0.25) is 0 Å². The molecule has 1 aliphatic heterocycles. The number of carbonyl (C=O) groups is 4. The van der Waals surface area contributed by atoms with Crippen LogP contribution in [0.5, 0.6) is 5.75 Å². The molecule has 1 aliphatic rings. The number of nitrogens with one attached hydrogen (secondary N) is 2. The van der Waals surface area contributed by atoms with E-state index in [1.165, 1.54) is 23.5 Å². The van der Waals surface area contributed by atoms with E-state index in [1.807, 2.05) is 45.0 Å². The third kappa shape index (κ3) is 9.25. The number of β-amino-alcohol motifs (C(OH)–C–C–N with tert-alkyl or cyclic N) is 1. The number of aliphatic hydroxyl groups is 1. The van der Waals surface area contributed by atoms with Gasteiger partial charge >= 0.3 is 5.97 Å². The van der Waals surface area contributed by atoms with Crippen molar-refractivity contribution < 1.29 is 38.9 Å². The Balaban J connectivity index is 1.23. The lowest BCUT2D eigenvalue weighted by molar-refractivity contribution is -0.147. The molecule has 0 radical (unpaired) electrons. The van der Waals surface area contributed by atoms with Crippen LogP contribution in [-0.2, 0) is 25.7 Å². The molecule has 12 nitrogen and oxygen atoms in total. The minimum Gasteiger partial charge on any atom is -0.494 e. The summed E-state index contributed by atoms with van der Waals surface area (Å²) in [6.45, 7) is 6.29. The number of likely N-dealkylation sites (tertiary alicyclic amines) is 1. The third-order valence-electron chi connectivity index (χ3n) is 8.45. The van der Waals surface area contributed by atoms with Gasteiger partial charge in [0.2, 0.25) is 5.91 Å². The summed E-state index contributed by atoms with van der Waals surface area (Å²) >= 11 is 1.52. The van der Waals surface area contributed by atoms with Gasteiger partial charge < -0.3 is 30.3 Å². The van der Waals surface area contributed by atoms with Gasteiger partial charge in [-0.05, 0) is 67.1 Å². The van der Waals surface area contributed by atoms with E-state index in [4.69, 9.17) is 14.6 Å². The molecule has 258 valence electrons. The SMILES string of the molecule is CC(C)(C)[C@](C=O)(NC(=O)COCCCCCOc1ccc(C(=O)O)cc1)N1CC[C@](O)(C(=O)NCc2cccc(-c3cncs3)c2)C1. The van der Waals surface area contributed by atoms with Crippen molar-refractivity contribution in [2.24, 2.45) is 5.41 Å². The number of rotatable bonds is 17. The van der Waals surface area contributed by atoms with Crippen molar-refractivity contribution in [1.82, 2.24) is 20.5 Å². The van der Waals surface area contributed by atoms with Gasteiger partial charge in [0, 0.05) is 37.9 Å². The number of hydrogen-bond acceptors (Lipinski definition) is 10. The lowest BCUT2D eigenvalue weighted by atomic mass is 9.79.